The number of fused-ring (bicyclic) bond motifs is 1. The number of hydrogen-bond acceptors (Lipinski definition) is 7. The van der Waals surface area contributed by atoms with Gasteiger partial charge in [-0.2, -0.15) is 0 Å². The summed E-state index contributed by atoms with van der Waals surface area (Å²) >= 11 is 1.03. The quantitative estimate of drug-likeness (QED) is 0.780. The van der Waals surface area contributed by atoms with Crippen LogP contribution in [-0.4, -0.2) is 72.4 Å². The molecule has 2 aromatic rings. The zero-order valence-corrected chi connectivity index (χ0v) is 15.9. The number of imide groups is 1. The Morgan fingerprint density at radius 1 is 1.26 bits per heavy atom. The van der Waals surface area contributed by atoms with Crippen LogP contribution in [0.15, 0.2) is 30.5 Å². The molecule has 0 saturated carbocycles. The Bertz CT molecular complexity index is 869. The Morgan fingerprint density at radius 2 is 2.07 bits per heavy atom. The molecule has 1 atom stereocenters. The highest BCUT2D eigenvalue weighted by Crippen LogP contribution is 2.39. The van der Waals surface area contributed by atoms with Crippen LogP contribution in [0.1, 0.15) is 10.8 Å². The van der Waals surface area contributed by atoms with Gasteiger partial charge in [0.15, 0.2) is 0 Å². The monoisotopic (exact) mass is 387 g/mol. The minimum Gasteiger partial charge on any atom is -0.492 e. The molecule has 0 N–H and O–H groups in total. The minimum absolute atomic E-state index is 0.200. The number of hydrogen-bond donors (Lipinski definition) is 0. The van der Waals surface area contributed by atoms with Gasteiger partial charge < -0.3 is 9.47 Å². The summed E-state index contributed by atoms with van der Waals surface area (Å²) in [5, 5.41) is 0.182. The molecule has 1 unspecified atom stereocenters. The standard InChI is InChI=1S/C19H21N3O4S/c1-21-18(23)17(27-19(21)24)14-10-13-2-3-15(11-16(13)20-12-14)26-9-6-22-4-7-25-8-5-22/h2-3,10-12,17H,4-9H2,1H3. The highest BCUT2D eigenvalue weighted by Gasteiger charge is 2.38. The van der Waals surface area contributed by atoms with Crippen molar-refractivity contribution in [2.45, 2.75) is 5.25 Å². The molecule has 4 rings (SSSR count). The lowest BCUT2D eigenvalue weighted by molar-refractivity contribution is -0.125. The Hall–Kier alpha value is -2.16. The van der Waals surface area contributed by atoms with E-state index in [0.29, 0.717) is 6.61 Å². The third kappa shape index (κ3) is 3.92. The maximum absolute atomic E-state index is 12.2. The van der Waals surface area contributed by atoms with Gasteiger partial charge in [-0.15, -0.1) is 0 Å². The smallest absolute Gasteiger partial charge is 0.289 e. The van der Waals surface area contributed by atoms with Crippen molar-refractivity contribution in [1.29, 1.82) is 0 Å². The molecule has 0 radical (unpaired) electrons. The average molecular weight is 387 g/mol. The zero-order chi connectivity index (χ0) is 18.8. The first-order valence-corrected chi connectivity index (χ1v) is 9.80. The normalized spacial score (nSPS) is 21.2. The molecule has 2 aliphatic heterocycles. The van der Waals surface area contributed by atoms with Crippen molar-refractivity contribution in [2.24, 2.45) is 0 Å². The molecule has 2 aliphatic rings. The molecule has 0 spiro atoms. The van der Waals surface area contributed by atoms with Crippen molar-refractivity contribution < 1.29 is 19.1 Å². The maximum atomic E-state index is 12.2. The van der Waals surface area contributed by atoms with E-state index < -0.39 is 5.25 Å². The van der Waals surface area contributed by atoms with Crippen LogP contribution < -0.4 is 4.74 Å². The van der Waals surface area contributed by atoms with Crippen LogP contribution in [0.4, 0.5) is 4.79 Å². The van der Waals surface area contributed by atoms with E-state index in [1.165, 1.54) is 7.05 Å². The van der Waals surface area contributed by atoms with Gasteiger partial charge >= 0.3 is 0 Å². The Labute approximate surface area is 161 Å². The van der Waals surface area contributed by atoms with Gasteiger partial charge in [-0.3, -0.25) is 24.4 Å². The molecule has 142 valence electrons. The molecule has 1 aromatic heterocycles. The van der Waals surface area contributed by atoms with Crippen LogP contribution in [0.2, 0.25) is 0 Å². The van der Waals surface area contributed by atoms with Crippen molar-refractivity contribution in [3.63, 3.8) is 0 Å². The zero-order valence-electron chi connectivity index (χ0n) is 15.1. The molecule has 2 saturated heterocycles. The number of pyridine rings is 1. The van der Waals surface area contributed by atoms with E-state index in [-0.39, 0.29) is 11.1 Å². The van der Waals surface area contributed by atoms with Crippen LogP contribution in [0, 0.1) is 0 Å². The lowest BCUT2D eigenvalue weighted by Gasteiger charge is -2.26. The first kappa shape index (κ1) is 18.2. The van der Waals surface area contributed by atoms with E-state index >= 15 is 0 Å². The number of aromatic nitrogens is 1. The van der Waals surface area contributed by atoms with Crippen molar-refractivity contribution in [1.82, 2.24) is 14.8 Å². The number of morpholine rings is 1. The van der Waals surface area contributed by atoms with Gasteiger partial charge in [0.05, 0.1) is 18.7 Å². The van der Waals surface area contributed by atoms with Crippen molar-refractivity contribution in [3.8, 4) is 5.75 Å². The molecular weight excluding hydrogens is 366 g/mol. The number of ether oxygens (including phenoxy) is 2. The Morgan fingerprint density at radius 3 is 2.81 bits per heavy atom. The summed E-state index contributed by atoms with van der Waals surface area (Å²) in [4.78, 5) is 31.8. The van der Waals surface area contributed by atoms with Crippen LogP contribution in [-0.2, 0) is 9.53 Å². The van der Waals surface area contributed by atoms with E-state index in [0.717, 1.165) is 71.7 Å². The third-order valence-electron chi connectivity index (χ3n) is 4.81. The number of thioether (sulfide) groups is 1. The fourth-order valence-corrected chi connectivity index (χ4v) is 4.15. The number of carbonyl (C=O) groups excluding carboxylic acids is 2. The molecule has 2 amide bonds. The molecule has 0 bridgehead atoms. The fraction of sp³-hybridized carbons (Fsp3) is 0.421. The summed E-state index contributed by atoms with van der Waals surface area (Å²) in [6.45, 7) is 4.94. The first-order chi connectivity index (χ1) is 13.1. The number of benzene rings is 1. The van der Waals surface area contributed by atoms with Crippen LogP contribution in [0.25, 0.3) is 10.9 Å². The predicted molar refractivity (Wildman–Crippen MR) is 103 cm³/mol. The van der Waals surface area contributed by atoms with Crippen LogP contribution in [0.3, 0.4) is 0 Å². The molecule has 2 fully saturated rings. The summed E-state index contributed by atoms with van der Waals surface area (Å²) in [7, 11) is 1.51. The second kappa shape index (κ2) is 7.84. The number of rotatable bonds is 5. The van der Waals surface area contributed by atoms with Crippen molar-refractivity contribution in [3.05, 3.63) is 36.0 Å². The largest absolute Gasteiger partial charge is 0.492 e. The van der Waals surface area contributed by atoms with Gasteiger partial charge in [0.2, 0.25) is 5.91 Å². The third-order valence-corrected chi connectivity index (χ3v) is 5.99. The molecule has 3 heterocycles. The molecule has 0 aliphatic carbocycles. The number of likely N-dealkylation sites (N-methyl/N-ethyl adjacent to an activating group) is 1. The van der Waals surface area contributed by atoms with Crippen molar-refractivity contribution >= 4 is 33.8 Å². The van der Waals surface area contributed by atoms with E-state index in [4.69, 9.17) is 9.47 Å². The Balaban J connectivity index is 1.42. The summed E-state index contributed by atoms with van der Waals surface area (Å²) in [5.74, 6) is 0.575. The lowest BCUT2D eigenvalue weighted by atomic mass is 10.1. The van der Waals surface area contributed by atoms with Gasteiger partial charge in [0.1, 0.15) is 17.6 Å². The van der Waals surface area contributed by atoms with Gasteiger partial charge in [0.25, 0.3) is 5.24 Å². The number of carbonyl (C=O) groups is 2. The summed E-state index contributed by atoms with van der Waals surface area (Å²) < 4.78 is 11.2. The van der Waals surface area contributed by atoms with E-state index in [2.05, 4.69) is 9.88 Å². The molecule has 1 aromatic carbocycles. The average Bonchev–Trinajstić information content (AvgIpc) is 2.96. The minimum atomic E-state index is -0.510. The maximum Gasteiger partial charge on any atom is 0.289 e. The lowest BCUT2D eigenvalue weighted by Crippen LogP contribution is -2.38. The molecule has 27 heavy (non-hydrogen) atoms. The second-order valence-corrected chi connectivity index (χ2v) is 7.64. The molecule has 8 heteroatoms. The number of nitrogens with zero attached hydrogens (tertiary/aromatic N) is 3. The van der Waals surface area contributed by atoms with Gasteiger partial charge in [-0.05, 0) is 35.5 Å². The summed E-state index contributed by atoms with van der Waals surface area (Å²) in [6.07, 6.45) is 1.67. The van der Waals surface area contributed by atoms with Crippen LogP contribution >= 0.6 is 11.8 Å². The first-order valence-electron chi connectivity index (χ1n) is 8.92. The Kier molecular flexibility index (Phi) is 5.29. The molecule has 7 nitrogen and oxygen atoms in total. The summed E-state index contributed by atoms with van der Waals surface area (Å²) in [6, 6.07) is 7.67. The second-order valence-electron chi connectivity index (χ2n) is 6.59. The summed E-state index contributed by atoms with van der Waals surface area (Å²) in [5.41, 5.74) is 1.55. The fourth-order valence-electron chi connectivity index (χ4n) is 3.18. The van der Waals surface area contributed by atoms with E-state index in [1.54, 1.807) is 6.20 Å². The SMILES string of the molecule is CN1C(=O)SC(c2cnc3cc(OCCN4CCOCC4)ccc3c2)C1=O. The van der Waals surface area contributed by atoms with E-state index in [9.17, 15) is 9.59 Å². The van der Waals surface area contributed by atoms with Crippen LogP contribution in [0.5, 0.6) is 5.75 Å². The highest BCUT2D eigenvalue weighted by molar-refractivity contribution is 8.14. The number of amides is 2. The predicted octanol–water partition coefficient (Wildman–Crippen LogP) is 2.31. The van der Waals surface area contributed by atoms with Gasteiger partial charge in [0, 0.05) is 44.3 Å². The van der Waals surface area contributed by atoms with Gasteiger partial charge in [-0.25, -0.2) is 0 Å². The van der Waals surface area contributed by atoms with Gasteiger partial charge in [-0.1, -0.05) is 0 Å². The topological polar surface area (TPSA) is 72.0 Å². The van der Waals surface area contributed by atoms with Crippen molar-refractivity contribution in [2.75, 3.05) is 46.5 Å². The highest BCUT2D eigenvalue weighted by atomic mass is 32.2. The molecular formula is C19H21N3O4S. The van der Waals surface area contributed by atoms with E-state index in [1.807, 2.05) is 24.3 Å².